The van der Waals surface area contributed by atoms with Gasteiger partial charge in [-0.2, -0.15) is 0 Å². The molecule has 0 aromatic heterocycles. The number of aliphatic imine (C=N–C) groups is 1. The maximum absolute atomic E-state index is 13.1. The van der Waals surface area contributed by atoms with Crippen LogP contribution in [0.15, 0.2) is 52.5 Å². The van der Waals surface area contributed by atoms with E-state index in [0.29, 0.717) is 24.8 Å². The van der Waals surface area contributed by atoms with E-state index in [1.54, 1.807) is 4.90 Å². The lowest BCUT2D eigenvalue weighted by atomic mass is 10.0. The lowest BCUT2D eigenvalue weighted by molar-refractivity contribution is 0.136. The Morgan fingerprint density at radius 3 is 2.69 bits per heavy atom. The molecule has 172 valence electrons. The van der Waals surface area contributed by atoms with Gasteiger partial charge in [0.25, 0.3) is 0 Å². The third kappa shape index (κ3) is 5.05. The van der Waals surface area contributed by atoms with Crippen LogP contribution in [0.1, 0.15) is 12.8 Å². The van der Waals surface area contributed by atoms with Gasteiger partial charge in [-0.1, -0.05) is 11.6 Å². The number of hydrogen-bond donors (Lipinski definition) is 1. The Morgan fingerprint density at radius 2 is 2.00 bits per heavy atom. The van der Waals surface area contributed by atoms with E-state index < -0.39 is 0 Å². The van der Waals surface area contributed by atoms with Crippen molar-refractivity contribution in [2.45, 2.75) is 18.9 Å². The molecule has 1 amide bonds. The fraction of sp³-hybridized carbons (Fsp3) is 0.455. The van der Waals surface area contributed by atoms with Gasteiger partial charge in [-0.25, -0.2) is 4.79 Å². The average molecular weight is 524 g/mol. The number of carbonyl (C=O) groups is 1. The summed E-state index contributed by atoms with van der Waals surface area (Å²) >= 11 is 9.74. The molecule has 4 rings (SSSR count). The minimum absolute atomic E-state index is 0.0441. The van der Waals surface area contributed by atoms with E-state index in [1.807, 2.05) is 59.6 Å². The Bertz CT molecular complexity index is 925. The first-order valence-electron chi connectivity index (χ1n) is 10.7. The third-order valence-electron chi connectivity index (χ3n) is 5.77. The lowest BCUT2D eigenvalue weighted by Crippen LogP contribution is -2.50. The molecule has 3 heterocycles. The van der Waals surface area contributed by atoms with Crippen LogP contribution in [-0.4, -0.2) is 79.1 Å². The topological polar surface area (TPSA) is 63.7 Å². The molecule has 3 aliphatic rings. The SMILES string of the molecule is CN(C)CCOC(=O)N(c1ccc(Cl)cc1)C1CCN(C2=C3C=NC=C3NCN2Br)CC1. The summed E-state index contributed by atoms with van der Waals surface area (Å²) in [5.74, 6) is 1.11. The molecule has 0 aliphatic carbocycles. The van der Waals surface area contributed by atoms with Crippen molar-refractivity contribution < 1.29 is 9.53 Å². The zero-order valence-corrected chi connectivity index (χ0v) is 20.6. The van der Waals surface area contributed by atoms with Crippen LogP contribution in [0, 0.1) is 0 Å². The summed E-state index contributed by atoms with van der Waals surface area (Å²) in [4.78, 5) is 23.5. The lowest BCUT2D eigenvalue weighted by Gasteiger charge is -2.43. The van der Waals surface area contributed by atoms with E-state index in [4.69, 9.17) is 16.3 Å². The molecule has 3 aliphatic heterocycles. The summed E-state index contributed by atoms with van der Waals surface area (Å²) in [7, 11) is 3.92. The maximum Gasteiger partial charge on any atom is 0.414 e. The van der Waals surface area contributed by atoms with Crippen LogP contribution >= 0.6 is 27.7 Å². The number of allylic oxidation sites excluding steroid dienone is 1. The van der Waals surface area contributed by atoms with E-state index in [-0.39, 0.29) is 12.1 Å². The van der Waals surface area contributed by atoms with E-state index in [0.717, 1.165) is 48.7 Å². The zero-order chi connectivity index (χ0) is 22.7. The molecule has 0 unspecified atom stereocenters. The van der Waals surface area contributed by atoms with Gasteiger partial charge < -0.3 is 19.9 Å². The average Bonchev–Trinajstić information content (AvgIpc) is 3.24. The monoisotopic (exact) mass is 522 g/mol. The predicted octanol–water partition coefficient (Wildman–Crippen LogP) is 3.62. The summed E-state index contributed by atoms with van der Waals surface area (Å²) in [6.07, 6.45) is 5.08. The van der Waals surface area contributed by atoms with Crippen LogP contribution in [0.4, 0.5) is 10.5 Å². The quantitative estimate of drug-likeness (QED) is 0.575. The Morgan fingerprint density at radius 1 is 1.28 bits per heavy atom. The zero-order valence-electron chi connectivity index (χ0n) is 18.3. The fourth-order valence-corrected chi connectivity index (χ4v) is 4.78. The molecular formula is C22H28BrClN6O2. The van der Waals surface area contributed by atoms with Gasteiger partial charge in [-0.3, -0.25) is 13.8 Å². The van der Waals surface area contributed by atoms with E-state index in [1.165, 1.54) is 0 Å². The van der Waals surface area contributed by atoms with Gasteiger partial charge in [-0.15, -0.1) is 0 Å². The molecule has 8 nitrogen and oxygen atoms in total. The van der Waals surface area contributed by atoms with Crippen molar-refractivity contribution in [3.8, 4) is 0 Å². The number of likely N-dealkylation sites (N-methyl/N-ethyl adjacent to an activating group) is 1. The number of piperidine rings is 1. The Labute approximate surface area is 202 Å². The number of amides is 1. The van der Waals surface area contributed by atoms with Crippen molar-refractivity contribution in [2.24, 2.45) is 4.99 Å². The molecule has 1 saturated heterocycles. The number of anilines is 1. The van der Waals surface area contributed by atoms with Crippen LogP contribution in [0.3, 0.4) is 0 Å². The highest BCUT2D eigenvalue weighted by molar-refractivity contribution is 9.07. The van der Waals surface area contributed by atoms with Crippen molar-refractivity contribution in [3.63, 3.8) is 0 Å². The Kier molecular flexibility index (Phi) is 7.27. The molecule has 0 saturated carbocycles. The Balaban J connectivity index is 1.48. The molecule has 1 fully saturated rings. The van der Waals surface area contributed by atoms with Crippen molar-refractivity contribution in [1.82, 2.24) is 19.0 Å². The number of benzene rings is 1. The second kappa shape index (κ2) is 10.1. The number of carbonyl (C=O) groups excluding carboxylic acids is 1. The number of hydrogen-bond acceptors (Lipinski definition) is 7. The summed E-state index contributed by atoms with van der Waals surface area (Å²) in [5, 5.41) is 3.98. The minimum atomic E-state index is -0.313. The normalized spacial score (nSPS) is 18.6. The smallest absolute Gasteiger partial charge is 0.414 e. The summed E-state index contributed by atoms with van der Waals surface area (Å²) in [6.45, 7) is 3.35. The number of fused-ring (bicyclic) bond motifs is 1. The fourth-order valence-electron chi connectivity index (χ4n) is 4.12. The Hall–Kier alpha value is -2.23. The van der Waals surface area contributed by atoms with E-state index in [2.05, 4.69) is 31.4 Å². The highest BCUT2D eigenvalue weighted by Crippen LogP contribution is 2.32. The van der Waals surface area contributed by atoms with Crippen LogP contribution in [0.5, 0.6) is 0 Å². The number of halogens is 2. The molecule has 1 aromatic rings. The summed E-state index contributed by atoms with van der Waals surface area (Å²) in [5.41, 5.74) is 2.94. The van der Waals surface area contributed by atoms with Gasteiger partial charge in [0.1, 0.15) is 19.1 Å². The first-order chi connectivity index (χ1) is 15.4. The molecule has 32 heavy (non-hydrogen) atoms. The van der Waals surface area contributed by atoms with Crippen molar-refractivity contribution in [1.29, 1.82) is 0 Å². The van der Waals surface area contributed by atoms with Gasteiger partial charge in [-0.05, 0) is 51.2 Å². The summed E-state index contributed by atoms with van der Waals surface area (Å²) in [6, 6.07) is 7.42. The van der Waals surface area contributed by atoms with Gasteiger partial charge in [0.05, 0.1) is 33.6 Å². The largest absolute Gasteiger partial charge is 0.448 e. The molecular weight excluding hydrogens is 496 g/mol. The standard InChI is InChI=1S/C22H28BrClN6O2/c1-27(2)11-12-32-22(31)30(17-5-3-16(24)4-6-17)18-7-9-28(10-8-18)21-19-13-25-14-20(19)26-15-29(21)23/h3-6,13-14,18,26H,7-12,15H2,1-2H3. The van der Waals surface area contributed by atoms with Gasteiger partial charge in [0.2, 0.25) is 0 Å². The molecule has 10 heteroatoms. The molecule has 0 atom stereocenters. The second-order valence-electron chi connectivity index (χ2n) is 8.24. The van der Waals surface area contributed by atoms with Crippen molar-refractivity contribution in [3.05, 3.63) is 52.6 Å². The van der Waals surface area contributed by atoms with E-state index >= 15 is 0 Å². The number of nitrogens with one attached hydrogen (secondary N) is 1. The van der Waals surface area contributed by atoms with Gasteiger partial charge in [0.15, 0.2) is 0 Å². The van der Waals surface area contributed by atoms with Crippen molar-refractivity contribution in [2.75, 3.05) is 51.9 Å². The van der Waals surface area contributed by atoms with Gasteiger partial charge in [0, 0.05) is 42.6 Å². The highest BCUT2D eigenvalue weighted by atomic mass is 79.9. The molecule has 0 radical (unpaired) electrons. The van der Waals surface area contributed by atoms with Gasteiger partial charge >= 0.3 is 6.09 Å². The molecule has 1 aromatic carbocycles. The van der Waals surface area contributed by atoms with Crippen LogP contribution < -0.4 is 10.2 Å². The third-order valence-corrected chi connectivity index (χ3v) is 6.61. The first kappa shape index (κ1) is 22.9. The van der Waals surface area contributed by atoms with Crippen LogP contribution in [-0.2, 0) is 4.74 Å². The van der Waals surface area contributed by atoms with Crippen LogP contribution in [0.25, 0.3) is 0 Å². The minimum Gasteiger partial charge on any atom is -0.448 e. The van der Waals surface area contributed by atoms with Crippen LogP contribution in [0.2, 0.25) is 5.02 Å². The number of nitrogens with zero attached hydrogens (tertiary/aromatic N) is 5. The summed E-state index contributed by atoms with van der Waals surface area (Å²) < 4.78 is 7.64. The van der Waals surface area contributed by atoms with Crippen molar-refractivity contribution >= 4 is 45.7 Å². The maximum atomic E-state index is 13.1. The molecule has 1 N–H and O–H groups in total. The predicted molar refractivity (Wildman–Crippen MR) is 131 cm³/mol. The molecule has 0 bridgehead atoms. The first-order valence-corrected chi connectivity index (χ1v) is 11.8. The van der Waals surface area contributed by atoms with E-state index in [9.17, 15) is 4.79 Å². The number of rotatable bonds is 6. The number of ether oxygens (including phenoxy) is 1. The second-order valence-corrected chi connectivity index (χ2v) is 9.53. The number of likely N-dealkylation sites (tertiary alicyclic amines) is 1. The highest BCUT2D eigenvalue weighted by Gasteiger charge is 2.34. The molecule has 0 spiro atoms.